The number of hydrogen-bond donors (Lipinski definition) is 0. The van der Waals surface area contributed by atoms with Crippen molar-refractivity contribution in [3.05, 3.63) is 32.7 Å². The first-order chi connectivity index (χ1) is 9.88. The molecule has 0 radical (unpaired) electrons. The molecule has 114 valence electrons. The van der Waals surface area contributed by atoms with Crippen LogP contribution in [0, 0.1) is 5.92 Å². The summed E-state index contributed by atoms with van der Waals surface area (Å²) in [5, 5.41) is 0. The molecule has 0 N–H and O–H groups in total. The maximum atomic E-state index is 12.5. The summed E-state index contributed by atoms with van der Waals surface area (Å²) in [5.74, 6) is 0.175. The third-order valence-electron chi connectivity index (χ3n) is 3.48. The van der Waals surface area contributed by atoms with Gasteiger partial charge in [-0.05, 0) is 18.2 Å². The smallest absolute Gasteiger partial charge is 0.254 e. The maximum Gasteiger partial charge on any atom is 0.254 e. The number of nitrogens with zero attached hydrogens (tertiary/aromatic N) is 2. The number of rotatable bonds is 2. The van der Waals surface area contributed by atoms with Crippen LogP contribution in [0.2, 0.25) is 0 Å². The van der Waals surface area contributed by atoms with Crippen LogP contribution in [-0.4, -0.2) is 47.8 Å². The molecule has 0 bridgehead atoms. The first-order valence-electron chi connectivity index (χ1n) is 6.92. The van der Waals surface area contributed by atoms with Gasteiger partial charge in [-0.1, -0.05) is 45.7 Å². The average Bonchev–Trinajstić information content (AvgIpc) is 2.44. The minimum atomic E-state index is 0.00767. The summed E-state index contributed by atoms with van der Waals surface area (Å²) in [6, 6.07) is 5.54. The largest absolute Gasteiger partial charge is 0.339 e. The molecule has 1 aliphatic heterocycles. The zero-order valence-electron chi connectivity index (χ0n) is 12.1. The molecule has 1 aliphatic rings. The second-order valence-electron chi connectivity index (χ2n) is 5.43. The van der Waals surface area contributed by atoms with Crippen LogP contribution in [0.15, 0.2) is 27.1 Å². The van der Waals surface area contributed by atoms with Crippen LogP contribution in [-0.2, 0) is 4.79 Å². The molecule has 2 amide bonds. The number of carbonyl (C=O) groups is 2. The Morgan fingerprint density at radius 3 is 1.90 bits per heavy atom. The van der Waals surface area contributed by atoms with E-state index in [-0.39, 0.29) is 17.7 Å². The predicted octanol–water partition coefficient (Wildman–Crippen LogP) is 3.15. The van der Waals surface area contributed by atoms with Crippen LogP contribution in [0.3, 0.4) is 0 Å². The van der Waals surface area contributed by atoms with Crippen molar-refractivity contribution < 1.29 is 9.59 Å². The van der Waals surface area contributed by atoms with Gasteiger partial charge in [-0.3, -0.25) is 9.59 Å². The van der Waals surface area contributed by atoms with Crippen molar-refractivity contribution >= 4 is 43.7 Å². The first kappa shape index (κ1) is 16.5. The molecule has 1 heterocycles. The molecule has 1 aromatic rings. The highest BCUT2D eigenvalue weighted by Crippen LogP contribution is 2.21. The second kappa shape index (κ2) is 6.92. The van der Waals surface area contributed by atoms with Crippen LogP contribution in [0.1, 0.15) is 24.2 Å². The number of carbonyl (C=O) groups excluding carboxylic acids is 2. The topological polar surface area (TPSA) is 40.6 Å². The molecule has 0 unspecified atom stereocenters. The highest BCUT2D eigenvalue weighted by atomic mass is 79.9. The van der Waals surface area contributed by atoms with E-state index in [1.165, 1.54) is 0 Å². The fourth-order valence-electron chi connectivity index (χ4n) is 2.35. The van der Waals surface area contributed by atoms with E-state index in [9.17, 15) is 9.59 Å². The average molecular weight is 418 g/mol. The van der Waals surface area contributed by atoms with Gasteiger partial charge in [0.05, 0.1) is 0 Å². The van der Waals surface area contributed by atoms with Crippen LogP contribution >= 0.6 is 31.9 Å². The molecule has 21 heavy (non-hydrogen) atoms. The molecular weight excluding hydrogens is 400 g/mol. The third-order valence-corrected chi connectivity index (χ3v) is 4.40. The Morgan fingerprint density at radius 1 is 0.952 bits per heavy atom. The van der Waals surface area contributed by atoms with Crippen molar-refractivity contribution in [1.82, 2.24) is 9.80 Å². The van der Waals surface area contributed by atoms with E-state index in [1.807, 2.05) is 36.9 Å². The van der Waals surface area contributed by atoms with E-state index < -0.39 is 0 Å². The van der Waals surface area contributed by atoms with Gasteiger partial charge in [0, 0.05) is 46.6 Å². The zero-order valence-corrected chi connectivity index (χ0v) is 15.3. The Bertz CT molecular complexity index is 532. The molecule has 4 nitrogen and oxygen atoms in total. The lowest BCUT2D eigenvalue weighted by Crippen LogP contribution is -2.51. The van der Waals surface area contributed by atoms with Gasteiger partial charge in [0.15, 0.2) is 0 Å². The SMILES string of the molecule is CC(C)C(=O)N1CCN(C(=O)c2cc(Br)cc(Br)c2)CC1. The minimum absolute atomic E-state index is 0.00767. The van der Waals surface area contributed by atoms with E-state index in [2.05, 4.69) is 31.9 Å². The highest BCUT2D eigenvalue weighted by molar-refractivity contribution is 9.11. The van der Waals surface area contributed by atoms with Crippen molar-refractivity contribution in [3.8, 4) is 0 Å². The van der Waals surface area contributed by atoms with Gasteiger partial charge in [0.1, 0.15) is 0 Å². The molecule has 0 aromatic heterocycles. The van der Waals surface area contributed by atoms with E-state index in [0.717, 1.165) is 8.95 Å². The summed E-state index contributed by atoms with van der Waals surface area (Å²) < 4.78 is 1.74. The Balaban J connectivity index is 2.02. The molecule has 6 heteroatoms. The maximum absolute atomic E-state index is 12.5. The summed E-state index contributed by atoms with van der Waals surface area (Å²) >= 11 is 6.79. The lowest BCUT2D eigenvalue weighted by molar-refractivity contribution is -0.135. The van der Waals surface area contributed by atoms with Gasteiger partial charge in [-0.25, -0.2) is 0 Å². The standard InChI is InChI=1S/C15H18Br2N2O2/c1-10(2)14(20)18-3-5-19(6-4-18)15(21)11-7-12(16)9-13(17)8-11/h7-10H,3-6H2,1-2H3. The summed E-state index contributed by atoms with van der Waals surface area (Å²) in [4.78, 5) is 28.1. The Kier molecular flexibility index (Phi) is 5.43. The van der Waals surface area contributed by atoms with Crippen LogP contribution in [0.25, 0.3) is 0 Å². The van der Waals surface area contributed by atoms with Crippen LogP contribution in [0.4, 0.5) is 0 Å². The normalized spacial score (nSPS) is 15.5. The molecular formula is C15H18Br2N2O2. The molecule has 0 saturated carbocycles. The monoisotopic (exact) mass is 416 g/mol. The molecule has 0 spiro atoms. The van der Waals surface area contributed by atoms with Crippen molar-refractivity contribution in [2.45, 2.75) is 13.8 Å². The molecule has 0 aliphatic carbocycles. The van der Waals surface area contributed by atoms with Gasteiger partial charge < -0.3 is 9.80 Å². The van der Waals surface area contributed by atoms with Gasteiger partial charge in [0.2, 0.25) is 5.91 Å². The minimum Gasteiger partial charge on any atom is -0.339 e. The van der Waals surface area contributed by atoms with E-state index in [1.54, 1.807) is 4.90 Å². The highest BCUT2D eigenvalue weighted by Gasteiger charge is 2.26. The van der Waals surface area contributed by atoms with Gasteiger partial charge in [0.25, 0.3) is 5.91 Å². The number of halogens is 2. The third kappa shape index (κ3) is 4.07. The molecule has 2 rings (SSSR count). The van der Waals surface area contributed by atoms with E-state index in [4.69, 9.17) is 0 Å². The quantitative estimate of drug-likeness (QED) is 0.741. The molecule has 0 atom stereocenters. The number of hydrogen-bond acceptors (Lipinski definition) is 2. The van der Waals surface area contributed by atoms with E-state index in [0.29, 0.717) is 31.7 Å². The Hall–Kier alpha value is -0.880. The van der Waals surface area contributed by atoms with Gasteiger partial charge in [-0.2, -0.15) is 0 Å². The molecule has 1 saturated heterocycles. The Labute approximate surface area is 141 Å². The lowest BCUT2D eigenvalue weighted by atomic mass is 10.1. The molecule has 1 aromatic carbocycles. The van der Waals surface area contributed by atoms with Crippen molar-refractivity contribution in [1.29, 1.82) is 0 Å². The van der Waals surface area contributed by atoms with Crippen LogP contribution < -0.4 is 0 Å². The summed E-state index contributed by atoms with van der Waals surface area (Å²) in [6.45, 7) is 6.19. The fraction of sp³-hybridized carbons (Fsp3) is 0.467. The summed E-state index contributed by atoms with van der Waals surface area (Å²) in [7, 11) is 0. The van der Waals surface area contributed by atoms with Gasteiger partial charge >= 0.3 is 0 Å². The van der Waals surface area contributed by atoms with Crippen molar-refractivity contribution in [3.63, 3.8) is 0 Å². The van der Waals surface area contributed by atoms with Crippen LogP contribution in [0.5, 0.6) is 0 Å². The predicted molar refractivity (Wildman–Crippen MR) is 89.2 cm³/mol. The second-order valence-corrected chi connectivity index (χ2v) is 7.26. The molecule has 1 fully saturated rings. The zero-order chi connectivity index (χ0) is 15.6. The number of amides is 2. The number of benzene rings is 1. The summed E-state index contributed by atoms with van der Waals surface area (Å²) in [5.41, 5.74) is 0.653. The van der Waals surface area contributed by atoms with E-state index >= 15 is 0 Å². The fourth-order valence-corrected chi connectivity index (χ4v) is 3.65. The first-order valence-corrected chi connectivity index (χ1v) is 8.51. The van der Waals surface area contributed by atoms with Crippen molar-refractivity contribution in [2.24, 2.45) is 5.92 Å². The Morgan fingerprint density at radius 2 is 1.43 bits per heavy atom. The van der Waals surface area contributed by atoms with Gasteiger partial charge in [-0.15, -0.1) is 0 Å². The lowest BCUT2D eigenvalue weighted by Gasteiger charge is -2.35. The number of piperazine rings is 1. The summed E-state index contributed by atoms with van der Waals surface area (Å²) in [6.07, 6.45) is 0. The van der Waals surface area contributed by atoms with Crippen molar-refractivity contribution in [2.75, 3.05) is 26.2 Å².